The second-order valence-corrected chi connectivity index (χ2v) is 10.1. The van der Waals surface area contributed by atoms with E-state index in [-0.39, 0.29) is 23.4 Å². The third-order valence-electron chi connectivity index (χ3n) is 7.22. The number of rotatable bonds is 3. The first-order valence-electron chi connectivity index (χ1n) is 10.3. The van der Waals surface area contributed by atoms with Gasteiger partial charge >= 0.3 is 0 Å². The molecule has 6 rings (SSSR count). The first-order chi connectivity index (χ1) is 12.6. The fraction of sp³-hybridized carbons (Fsp3) is 0.714. The van der Waals surface area contributed by atoms with E-state index in [1.54, 1.807) is 0 Å². The molecule has 4 nitrogen and oxygen atoms in total. The van der Waals surface area contributed by atoms with Crippen molar-refractivity contribution in [3.63, 3.8) is 0 Å². The van der Waals surface area contributed by atoms with Crippen molar-refractivity contribution < 1.29 is 9.59 Å². The molecular weight excluding hydrogens is 344 g/mol. The number of hydrogen-bond donors (Lipinski definition) is 1. The summed E-state index contributed by atoms with van der Waals surface area (Å²) in [5.41, 5.74) is 0.0287. The summed E-state index contributed by atoms with van der Waals surface area (Å²) in [4.78, 5) is 28.7. The minimum Gasteiger partial charge on any atom is -0.349 e. The Hall–Kier alpha value is -1.36. The maximum atomic E-state index is 13.3. The summed E-state index contributed by atoms with van der Waals surface area (Å²) in [5, 5.41) is 5.43. The summed E-state index contributed by atoms with van der Waals surface area (Å²) in [6, 6.07) is 3.49. The maximum Gasteiger partial charge on any atom is 0.264 e. The van der Waals surface area contributed by atoms with Gasteiger partial charge in [0.25, 0.3) is 5.91 Å². The molecule has 140 valence electrons. The predicted molar refractivity (Wildman–Crippen MR) is 102 cm³/mol. The summed E-state index contributed by atoms with van der Waals surface area (Å²) in [7, 11) is 0. The highest BCUT2D eigenvalue weighted by molar-refractivity contribution is 7.12. The van der Waals surface area contributed by atoms with E-state index >= 15 is 0 Å². The van der Waals surface area contributed by atoms with Crippen LogP contribution in [0.5, 0.6) is 0 Å². The quantitative estimate of drug-likeness (QED) is 0.877. The van der Waals surface area contributed by atoms with Gasteiger partial charge in [-0.3, -0.25) is 9.59 Å². The van der Waals surface area contributed by atoms with Crippen LogP contribution < -0.4 is 5.32 Å². The van der Waals surface area contributed by atoms with Crippen LogP contribution in [-0.4, -0.2) is 34.8 Å². The second kappa shape index (κ2) is 6.36. The number of nitrogens with zero attached hydrogens (tertiary/aromatic N) is 1. The molecule has 1 aliphatic heterocycles. The van der Waals surface area contributed by atoms with Gasteiger partial charge in [-0.2, -0.15) is 0 Å². The average Bonchev–Trinajstić information content (AvgIpc) is 3.14. The highest BCUT2D eigenvalue weighted by atomic mass is 32.1. The molecule has 2 amide bonds. The van der Waals surface area contributed by atoms with Gasteiger partial charge in [0.15, 0.2) is 0 Å². The summed E-state index contributed by atoms with van der Waals surface area (Å²) in [6.07, 6.45) is 10.5. The molecule has 4 aliphatic carbocycles. The fourth-order valence-corrected chi connectivity index (χ4v) is 7.28. The van der Waals surface area contributed by atoms with Gasteiger partial charge in [-0.05, 0) is 87.0 Å². The van der Waals surface area contributed by atoms with Gasteiger partial charge in [0.1, 0.15) is 6.04 Å². The van der Waals surface area contributed by atoms with Crippen LogP contribution >= 0.6 is 11.3 Å². The zero-order chi connectivity index (χ0) is 17.7. The minimum atomic E-state index is -0.286. The van der Waals surface area contributed by atoms with Gasteiger partial charge in [-0.1, -0.05) is 6.07 Å². The molecule has 5 heteroatoms. The summed E-state index contributed by atoms with van der Waals surface area (Å²) >= 11 is 1.47. The Morgan fingerprint density at radius 1 is 1.08 bits per heavy atom. The highest BCUT2D eigenvalue weighted by Crippen LogP contribution is 2.55. The summed E-state index contributed by atoms with van der Waals surface area (Å²) < 4.78 is 0. The van der Waals surface area contributed by atoms with Crippen LogP contribution in [-0.2, 0) is 4.79 Å². The molecule has 5 aliphatic rings. The maximum absolute atomic E-state index is 13.3. The van der Waals surface area contributed by atoms with E-state index in [1.165, 1.54) is 30.6 Å². The molecule has 0 radical (unpaired) electrons. The van der Waals surface area contributed by atoms with Crippen LogP contribution in [0.3, 0.4) is 0 Å². The smallest absolute Gasteiger partial charge is 0.264 e. The van der Waals surface area contributed by atoms with Gasteiger partial charge in [0, 0.05) is 12.1 Å². The van der Waals surface area contributed by atoms with E-state index < -0.39 is 0 Å². The third kappa shape index (κ3) is 2.88. The van der Waals surface area contributed by atoms with Crippen LogP contribution in [0.2, 0.25) is 0 Å². The lowest BCUT2D eigenvalue weighted by Gasteiger charge is -2.57. The number of piperidine rings is 1. The van der Waals surface area contributed by atoms with Crippen LogP contribution in [0.25, 0.3) is 0 Å². The molecule has 0 aromatic carbocycles. The molecule has 1 aromatic heterocycles. The van der Waals surface area contributed by atoms with Crippen molar-refractivity contribution in [1.29, 1.82) is 0 Å². The first-order valence-corrected chi connectivity index (χ1v) is 11.2. The van der Waals surface area contributed by atoms with Crippen molar-refractivity contribution in [1.82, 2.24) is 10.2 Å². The second-order valence-electron chi connectivity index (χ2n) is 9.17. The van der Waals surface area contributed by atoms with Crippen molar-refractivity contribution in [3.05, 3.63) is 22.4 Å². The SMILES string of the molecule is O=C(NC12CC3CC(CC(C3)C1)C2)C1CCCCN1C(=O)c1cccs1. The molecule has 0 spiro atoms. The Labute approximate surface area is 159 Å². The first kappa shape index (κ1) is 16.8. The number of nitrogens with one attached hydrogen (secondary N) is 1. The van der Waals surface area contributed by atoms with Crippen molar-refractivity contribution in [3.8, 4) is 0 Å². The van der Waals surface area contributed by atoms with E-state index in [1.807, 2.05) is 22.4 Å². The Bertz CT molecular complexity index is 664. The van der Waals surface area contributed by atoms with E-state index in [4.69, 9.17) is 0 Å². The summed E-state index contributed by atoms with van der Waals surface area (Å²) in [5.74, 6) is 2.59. The third-order valence-corrected chi connectivity index (χ3v) is 8.08. The van der Waals surface area contributed by atoms with Crippen LogP contribution in [0.1, 0.15) is 67.5 Å². The van der Waals surface area contributed by atoms with Crippen LogP contribution in [0.15, 0.2) is 17.5 Å². The van der Waals surface area contributed by atoms with E-state index in [0.29, 0.717) is 6.54 Å². The van der Waals surface area contributed by atoms with Crippen LogP contribution in [0, 0.1) is 17.8 Å². The van der Waals surface area contributed by atoms with E-state index in [2.05, 4.69) is 5.32 Å². The number of carbonyl (C=O) groups excluding carboxylic acids is 2. The molecule has 1 saturated heterocycles. The predicted octanol–water partition coefficient (Wildman–Crippen LogP) is 3.83. The average molecular weight is 373 g/mol. The molecule has 4 bridgehead atoms. The molecule has 1 atom stereocenters. The largest absolute Gasteiger partial charge is 0.349 e. The highest BCUT2D eigenvalue weighted by Gasteiger charge is 2.52. The fourth-order valence-electron chi connectivity index (χ4n) is 6.60. The number of likely N-dealkylation sites (tertiary alicyclic amines) is 1. The van der Waals surface area contributed by atoms with Gasteiger partial charge in [0.2, 0.25) is 5.91 Å². The van der Waals surface area contributed by atoms with E-state index in [0.717, 1.165) is 61.2 Å². The summed E-state index contributed by atoms with van der Waals surface area (Å²) in [6.45, 7) is 0.704. The molecule has 1 N–H and O–H groups in total. The molecule has 1 unspecified atom stereocenters. The van der Waals surface area contributed by atoms with Gasteiger partial charge in [-0.15, -0.1) is 11.3 Å². The lowest BCUT2D eigenvalue weighted by Crippen LogP contribution is -2.63. The zero-order valence-corrected chi connectivity index (χ0v) is 16.1. The topological polar surface area (TPSA) is 49.4 Å². The van der Waals surface area contributed by atoms with Gasteiger partial charge in [0.05, 0.1) is 4.88 Å². The number of thiophene rings is 1. The van der Waals surface area contributed by atoms with Crippen molar-refractivity contribution in [2.75, 3.05) is 6.54 Å². The van der Waals surface area contributed by atoms with Crippen LogP contribution in [0.4, 0.5) is 0 Å². The monoisotopic (exact) mass is 372 g/mol. The Balaban J connectivity index is 1.33. The molecule has 5 fully saturated rings. The number of amides is 2. The van der Waals surface area contributed by atoms with Gasteiger partial charge < -0.3 is 10.2 Å². The molecular formula is C21H28N2O2S. The molecule has 2 heterocycles. The lowest BCUT2D eigenvalue weighted by molar-refractivity contribution is -0.132. The lowest BCUT2D eigenvalue weighted by atomic mass is 9.53. The normalized spacial score (nSPS) is 38.4. The van der Waals surface area contributed by atoms with Gasteiger partial charge in [-0.25, -0.2) is 0 Å². The standard InChI is InChI=1S/C21H28N2O2S/c24-19(22-21-11-14-8-15(12-21)10-16(9-14)13-21)17-4-1-2-6-23(17)20(25)18-5-3-7-26-18/h3,5,7,14-17H,1-2,4,6,8-13H2,(H,22,24). The van der Waals surface area contributed by atoms with Crippen molar-refractivity contribution in [2.45, 2.75) is 69.4 Å². The number of carbonyl (C=O) groups is 2. The van der Waals surface area contributed by atoms with Crippen molar-refractivity contribution >= 4 is 23.2 Å². The Morgan fingerprint density at radius 2 is 1.77 bits per heavy atom. The Kier molecular flexibility index (Phi) is 4.11. The minimum absolute atomic E-state index is 0.0287. The molecule has 26 heavy (non-hydrogen) atoms. The zero-order valence-electron chi connectivity index (χ0n) is 15.3. The van der Waals surface area contributed by atoms with Crippen molar-refractivity contribution in [2.24, 2.45) is 17.8 Å². The molecule has 1 aromatic rings. The van der Waals surface area contributed by atoms with E-state index in [9.17, 15) is 9.59 Å². The Morgan fingerprint density at radius 3 is 2.38 bits per heavy atom. The molecule has 4 saturated carbocycles. The number of hydrogen-bond acceptors (Lipinski definition) is 3.